The molecule has 0 aliphatic heterocycles. The van der Waals surface area contributed by atoms with Crippen molar-refractivity contribution in [2.45, 2.75) is 34.1 Å². The number of halogens is 2. The van der Waals surface area contributed by atoms with Crippen LogP contribution in [0.4, 0.5) is 4.39 Å². The van der Waals surface area contributed by atoms with Crippen LogP contribution in [0.25, 0.3) is 22.7 Å². The Morgan fingerprint density at radius 1 is 1.21 bits per heavy atom. The molecule has 1 aromatic heterocycles. The van der Waals surface area contributed by atoms with Crippen molar-refractivity contribution < 1.29 is 9.18 Å². The van der Waals surface area contributed by atoms with Crippen LogP contribution in [0.2, 0.25) is 0 Å². The Kier molecular flexibility index (Phi) is 5.61. The summed E-state index contributed by atoms with van der Waals surface area (Å²) in [7, 11) is 0. The van der Waals surface area contributed by atoms with Gasteiger partial charge >= 0.3 is 0 Å². The van der Waals surface area contributed by atoms with Gasteiger partial charge in [0.2, 0.25) is 0 Å². The number of aromatic nitrogens is 2. The average molecular weight is 443 g/mol. The highest BCUT2D eigenvalue weighted by Gasteiger charge is 2.17. The van der Waals surface area contributed by atoms with Gasteiger partial charge in [-0.2, -0.15) is 0 Å². The first-order valence-corrected chi connectivity index (χ1v) is 9.73. The highest BCUT2D eigenvalue weighted by atomic mass is 79.9. The first kappa shape index (κ1) is 20.1. The van der Waals surface area contributed by atoms with Crippen molar-refractivity contribution in [2.24, 2.45) is 0 Å². The summed E-state index contributed by atoms with van der Waals surface area (Å²) in [4.78, 5) is 29.1. The lowest BCUT2D eigenvalue weighted by Gasteiger charge is -2.17. The minimum Gasteiger partial charge on any atom is -0.295 e. The van der Waals surface area contributed by atoms with Crippen LogP contribution < -0.4 is 5.56 Å². The molecule has 0 aliphatic carbocycles. The van der Waals surface area contributed by atoms with Crippen molar-refractivity contribution in [3.8, 4) is 5.69 Å². The van der Waals surface area contributed by atoms with Crippen LogP contribution in [0.15, 0.2) is 39.6 Å². The van der Waals surface area contributed by atoms with Crippen molar-refractivity contribution in [3.63, 3.8) is 0 Å². The standard InChI is InChI=1S/C22H20BrFN2O2/c1-5-20-25-19-11-18(24)15(7-6-14(4)27)10-17(19)22(28)26(20)21-12(2)8-16(23)9-13(21)3/h6-11H,5H2,1-4H3/b7-6+. The van der Waals surface area contributed by atoms with E-state index in [0.717, 1.165) is 21.3 Å². The molecule has 28 heavy (non-hydrogen) atoms. The van der Waals surface area contributed by atoms with E-state index in [1.807, 2.05) is 32.9 Å². The number of carbonyl (C=O) groups excluding carboxylic acids is 1. The molecule has 2 aromatic carbocycles. The third-order valence-corrected chi connectivity index (χ3v) is 5.01. The molecule has 3 rings (SSSR count). The van der Waals surface area contributed by atoms with Crippen LogP contribution in [0, 0.1) is 19.7 Å². The molecule has 0 saturated heterocycles. The second-order valence-corrected chi connectivity index (χ2v) is 7.66. The molecule has 0 saturated carbocycles. The van der Waals surface area contributed by atoms with Gasteiger partial charge in [-0.05, 0) is 62.2 Å². The van der Waals surface area contributed by atoms with Crippen molar-refractivity contribution in [2.75, 3.05) is 0 Å². The van der Waals surface area contributed by atoms with Gasteiger partial charge in [0.1, 0.15) is 11.6 Å². The smallest absolute Gasteiger partial charge is 0.266 e. The SMILES string of the molecule is CCc1nc2cc(F)c(/C=C/C(C)=O)cc2c(=O)n1-c1c(C)cc(Br)cc1C. The van der Waals surface area contributed by atoms with E-state index in [4.69, 9.17) is 0 Å². The number of fused-ring (bicyclic) bond motifs is 1. The molecule has 4 nitrogen and oxygen atoms in total. The number of hydrogen-bond donors (Lipinski definition) is 0. The molecular formula is C22H20BrFN2O2. The largest absolute Gasteiger partial charge is 0.295 e. The van der Waals surface area contributed by atoms with Gasteiger partial charge in [-0.1, -0.05) is 22.9 Å². The first-order chi connectivity index (χ1) is 13.2. The third-order valence-electron chi connectivity index (χ3n) is 4.55. The van der Waals surface area contributed by atoms with E-state index in [1.54, 1.807) is 4.57 Å². The normalized spacial score (nSPS) is 11.5. The van der Waals surface area contributed by atoms with Gasteiger partial charge in [-0.3, -0.25) is 14.2 Å². The molecule has 0 spiro atoms. The van der Waals surface area contributed by atoms with E-state index in [-0.39, 0.29) is 16.9 Å². The molecular weight excluding hydrogens is 423 g/mol. The van der Waals surface area contributed by atoms with E-state index in [1.165, 1.54) is 31.2 Å². The third kappa shape index (κ3) is 3.69. The lowest BCUT2D eigenvalue weighted by atomic mass is 10.1. The molecule has 0 N–H and O–H groups in total. The Balaban J connectivity index is 2.38. The van der Waals surface area contributed by atoms with Gasteiger partial charge in [0.15, 0.2) is 5.78 Å². The zero-order valence-electron chi connectivity index (χ0n) is 16.1. The van der Waals surface area contributed by atoms with Crippen LogP contribution in [0.5, 0.6) is 0 Å². The van der Waals surface area contributed by atoms with E-state index in [2.05, 4.69) is 20.9 Å². The number of benzene rings is 2. The van der Waals surface area contributed by atoms with Crippen LogP contribution in [0.1, 0.15) is 36.4 Å². The number of hydrogen-bond acceptors (Lipinski definition) is 3. The summed E-state index contributed by atoms with van der Waals surface area (Å²) in [6.07, 6.45) is 3.18. The zero-order chi connectivity index (χ0) is 20.6. The summed E-state index contributed by atoms with van der Waals surface area (Å²) in [6, 6.07) is 6.61. The topological polar surface area (TPSA) is 52.0 Å². The van der Waals surface area contributed by atoms with E-state index in [9.17, 15) is 14.0 Å². The minimum absolute atomic E-state index is 0.182. The molecule has 144 valence electrons. The Bertz CT molecular complexity index is 1170. The number of nitrogens with zero attached hydrogens (tertiary/aromatic N) is 2. The zero-order valence-corrected chi connectivity index (χ0v) is 17.7. The van der Waals surface area contributed by atoms with Crippen molar-refractivity contribution >= 4 is 38.7 Å². The Morgan fingerprint density at radius 2 is 1.86 bits per heavy atom. The van der Waals surface area contributed by atoms with Crippen molar-refractivity contribution in [1.29, 1.82) is 0 Å². The fourth-order valence-corrected chi connectivity index (χ4v) is 4.02. The molecule has 0 amide bonds. The lowest BCUT2D eigenvalue weighted by Crippen LogP contribution is -2.25. The van der Waals surface area contributed by atoms with Crippen molar-refractivity contribution in [3.05, 3.63) is 73.5 Å². The van der Waals surface area contributed by atoms with Gasteiger partial charge in [0.25, 0.3) is 5.56 Å². The number of rotatable bonds is 4. The Hall–Kier alpha value is -2.60. The fraction of sp³-hybridized carbons (Fsp3) is 0.227. The molecule has 0 bridgehead atoms. The fourth-order valence-electron chi connectivity index (χ4n) is 3.33. The second kappa shape index (κ2) is 7.80. The van der Waals surface area contributed by atoms with Gasteiger partial charge in [0.05, 0.1) is 16.6 Å². The maximum absolute atomic E-state index is 14.4. The Morgan fingerprint density at radius 3 is 2.43 bits per heavy atom. The minimum atomic E-state index is -0.521. The molecule has 0 aliphatic rings. The summed E-state index contributed by atoms with van der Waals surface area (Å²) < 4.78 is 17.0. The maximum atomic E-state index is 14.4. The predicted molar refractivity (Wildman–Crippen MR) is 114 cm³/mol. The first-order valence-electron chi connectivity index (χ1n) is 8.93. The lowest BCUT2D eigenvalue weighted by molar-refractivity contribution is -0.112. The summed E-state index contributed by atoms with van der Waals surface area (Å²) in [6.45, 7) is 7.17. The Labute approximate surface area is 170 Å². The summed E-state index contributed by atoms with van der Waals surface area (Å²) in [5.74, 6) is -0.150. The quantitative estimate of drug-likeness (QED) is 0.530. The summed E-state index contributed by atoms with van der Waals surface area (Å²) in [5.41, 5.74) is 2.88. The van der Waals surface area contributed by atoms with Crippen LogP contribution >= 0.6 is 15.9 Å². The number of aryl methyl sites for hydroxylation is 3. The van der Waals surface area contributed by atoms with E-state index in [0.29, 0.717) is 23.1 Å². The second-order valence-electron chi connectivity index (χ2n) is 6.75. The van der Waals surface area contributed by atoms with Crippen LogP contribution in [-0.4, -0.2) is 15.3 Å². The average Bonchev–Trinajstić information content (AvgIpc) is 2.61. The molecule has 1 heterocycles. The molecule has 0 fully saturated rings. The van der Waals surface area contributed by atoms with Crippen LogP contribution in [0.3, 0.4) is 0 Å². The number of ketones is 1. The summed E-state index contributed by atoms with van der Waals surface area (Å²) in [5, 5.41) is 0.309. The molecule has 3 aromatic rings. The van der Waals surface area contributed by atoms with Crippen LogP contribution in [-0.2, 0) is 11.2 Å². The van der Waals surface area contributed by atoms with Gasteiger partial charge < -0.3 is 0 Å². The molecule has 0 atom stereocenters. The predicted octanol–water partition coefficient (Wildman–Crippen LogP) is 5.07. The van der Waals surface area contributed by atoms with E-state index < -0.39 is 5.82 Å². The van der Waals surface area contributed by atoms with Crippen molar-refractivity contribution in [1.82, 2.24) is 9.55 Å². The highest BCUT2D eigenvalue weighted by Crippen LogP contribution is 2.25. The van der Waals surface area contributed by atoms with Gasteiger partial charge in [-0.15, -0.1) is 0 Å². The van der Waals surface area contributed by atoms with Gasteiger partial charge in [-0.25, -0.2) is 9.37 Å². The molecule has 6 heteroatoms. The highest BCUT2D eigenvalue weighted by molar-refractivity contribution is 9.10. The number of carbonyl (C=O) groups is 1. The van der Waals surface area contributed by atoms with E-state index >= 15 is 0 Å². The summed E-state index contributed by atoms with van der Waals surface area (Å²) >= 11 is 3.48. The monoisotopic (exact) mass is 442 g/mol. The molecule has 0 radical (unpaired) electrons. The van der Waals surface area contributed by atoms with Gasteiger partial charge in [0, 0.05) is 22.5 Å². The maximum Gasteiger partial charge on any atom is 0.266 e. The number of allylic oxidation sites excluding steroid dienone is 1. The molecule has 0 unspecified atom stereocenters.